The Kier molecular flexibility index (Phi) is 4.97. The van der Waals surface area contributed by atoms with Gasteiger partial charge in [0.1, 0.15) is 5.82 Å². The number of rotatable bonds is 7. The molecule has 0 bridgehead atoms. The van der Waals surface area contributed by atoms with Gasteiger partial charge in [0.05, 0.1) is 11.0 Å². The third-order valence-corrected chi connectivity index (χ3v) is 3.72. The number of fused-ring (bicyclic) bond motifs is 1. The third kappa shape index (κ3) is 3.35. The number of aryl methyl sites for hydroxylation is 2. The summed E-state index contributed by atoms with van der Waals surface area (Å²) < 4.78 is 2.40. The van der Waals surface area contributed by atoms with Crippen molar-refractivity contribution in [1.82, 2.24) is 14.9 Å². The third-order valence-electron chi connectivity index (χ3n) is 3.72. The molecule has 0 fully saturated rings. The first kappa shape index (κ1) is 14.1. The fourth-order valence-corrected chi connectivity index (χ4v) is 2.49. The van der Waals surface area contributed by atoms with Gasteiger partial charge in [-0.25, -0.2) is 4.98 Å². The Bertz CT molecular complexity index is 516. The summed E-state index contributed by atoms with van der Waals surface area (Å²) in [6, 6.07) is 9.05. The zero-order valence-electron chi connectivity index (χ0n) is 12.3. The van der Waals surface area contributed by atoms with Crippen molar-refractivity contribution in [1.29, 1.82) is 0 Å². The first-order valence-corrected chi connectivity index (χ1v) is 7.37. The average Bonchev–Trinajstić information content (AvgIpc) is 2.77. The van der Waals surface area contributed by atoms with E-state index >= 15 is 0 Å². The highest BCUT2D eigenvalue weighted by molar-refractivity contribution is 5.75. The van der Waals surface area contributed by atoms with Gasteiger partial charge in [0.2, 0.25) is 0 Å². The van der Waals surface area contributed by atoms with E-state index in [1.807, 2.05) is 7.05 Å². The van der Waals surface area contributed by atoms with Crippen LogP contribution in [0.4, 0.5) is 0 Å². The molecule has 0 aliphatic heterocycles. The van der Waals surface area contributed by atoms with Crippen LogP contribution in [0.5, 0.6) is 0 Å². The number of aromatic nitrogens is 2. The summed E-state index contributed by atoms with van der Waals surface area (Å²) >= 11 is 0. The highest BCUT2D eigenvalue weighted by atomic mass is 15.1. The van der Waals surface area contributed by atoms with Crippen LogP contribution in [0.25, 0.3) is 11.0 Å². The molecule has 3 nitrogen and oxygen atoms in total. The van der Waals surface area contributed by atoms with E-state index in [0.29, 0.717) is 6.04 Å². The molecule has 2 aromatic rings. The van der Waals surface area contributed by atoms with Gasteiger partial charge in [0.15, 0.2) is 0 Å². The normalized spacial score (nSPS) is 13.0. The smallest absolute Gasteiger partial charge is 0.109 e. The van der Waals surface area contributed by atoms with Crippen molar-refractivity contribution < 1.29 is 0 Å². The fraction of sp³-hybridized carbons (Fsp3) is 0.562. The summed E-state index contributed by atoms with van der Waals surface area (Å²) in [6.07, 6.45) is 4.61. The van der Waals surface area contributed by atoms with Crippen molar-refractivity contribution in [3.63, 3.8) is 0 Å². The topological polar surface area (TPSA) is 29.9 Å². The molecule has 1 aromatic carbocycles. The predicted octanol–water partition coefficient (Wildman–Crippen LogP) is 3.38. The molecule has 0 aliphatic rings. The molecule has 3 heteroatoms. The molecule has 0 saturated carbocycles. The summed E-state index contributed by atoms with van der Waals surface area (Å²) in [6.45, 7) is 5.52. The minimum absolute atomic E-state index is 0.587. The lowest BCUT2D eigenvalue weighted by Gasteiger charge is -2.12. The predicted molar refractivity (Wildman–Crippen MR) is 81.5 cm³/mol. The van der Waals surface area contributed by atoms with Crippen molar-refractivity contribution in [3.05, 3.63) is 30.1 Å². The highest BCUT2D eigenvalue weighted by Crippen LogP contribution is 2.18. The average molecular weight is 259 g/mol. The number of para-hydroxylation sites is 2. The van der Waals surface area contributed by atoms with E-state index in [2.05, 4.69) is 48.0 Å². The van der Waals surface area contributed by atoms with Gasteiger partial charge < -0.3 is 9.88 Å². The van der Waals surface area contributed by atoms with E-state index < -0.39 is 0 Å². The highest BCUT2D eigenvalue weighted by Gasteiger charge is 2.09. The molecule has 1 unspecified atom stereocenters. The van der Waals surface area contributed by atoms with Crippen LogP contribution in [0.3, 0.4) is 0 Å². The molecule has 0 spiro atoms. The Morgan fingerprint density at radius 1 is 1.32 bits per heavy atom. The number of nitrogens with zero attached hydrogens (tertiary/aromatic N) is 2. The first-order valence-electron chi connectivity index (χ1n) is 7.37. The Morgan fingerprint density at radius 3 is 2.84 bits per heavy atom. The zero-order valence-corrected chi connectivity index (χ0v) is 12.3. The second kappa shape index (κ2) is 6.71. The van der Waals surface area contributed by atoms with Gasteiger partial charge >= 0.3 is 0 Å². The summed E-state index contributed by atoms with van der Waals surface area (Å²) in [5.74, 6) is 1.24. The van der Waals surface area contributed by atoms with E-state index in [4.69, 9.17) is 4.98 Å². The maximum atomic E-state index is 4.77. The first-order chi connectivity index (χ1) is 9.26. The van der Waals surface area contributed by atoms with Crippen molar-refractivity contribution in [2.24, 2.45) is 0 Å². The Morgan fingerprint density at radius 2 is 2.11 bits per heavy atom. The van der Waals surface area contributed by atoms with E-state index in [-0.39, 0.29) is 0 Å². The van der Waals surface area contributed by atoms with Gasteiger partial charge in [-0.05, 0) is 45.4 Å². The molecule has 0 aliphatic carbocycles. The molecule has 104 valence electrons. The molecule has 1 aromatic heterocycles. The van der Waals surface area contributed by atoms with Gasteiger partial charge in [0.25, 0.3) is 0 Å². The van der Waals surface area contributed by atoms with Gasteiger partial charge in [-0.1, -0.05) is 19.1 Å². The van der Waals surface area contributed by atoms with Crippen LogP contribution >= 0.6 is 0 Å². The summed E-state index contributed by atoms with van der Waals surface area (Å²) in [5.41, 5.74) is 2.41. The largest absolute Gasteiger partial charge is 0.328 e. The van der Waals surface area contributed by atoms with Crippen molar-refractivity contribution >= 4 is 11.0 Å². The van der Waals surface area contributed by atoms with Crippen LogP contribution in [0.15, 0.2) is 24.3 Å². The van der Waals surface area contributed by atoms with Crippen LogP contribution in [-0.4, -0.2) is 22.6 Å². The quantitative estimate of drug-likeness (QED) is 0.826. The zero-order chi connectivity index (χ0) is 13.7. The molecule has 1 N–H and O–H groups in total. The number of hydrogen-bond donors (Lipinski definition) is 1. The van der Waals surface area contributed by atoms with E-state index in [1.165, 1.54) is 24.2 Å². The van der Waals surface area contributed by atoms with Crippen molar-refractivity contribution in [3.8, 4) is 0 Å². The Labute approximate surface area is 116 Å². The lowest BCUT2D eigenvalue weighted by Crippen LogP contribution is -2.21. The number of benzene rings is 1. The molecule has 19 heavy (non-hydrogen) atoms. The fourth-order valence-electron chi connectivity index (χ4n) is 2.49. The molecular formula is C16H25N3. The van der Waals surface area contributed by atoms with Gasteiger partial charge in [-0.3, -0.25) is 0 Å². The van der Waals surface area contributed by atoms with Gasteiger partial charge in [-0.15, -0.1) is 0 Å². The van der Waals surface area contributed by atoms with Gasteiger partial charge in [0, 0.05) is 19.0 Å². The Hall–Kier alpha value is -1.35. The molecule has 0 amide bonds. The molecular weight excluding hydrogens is 234 g/mol. The maximum absolute atomic E-state index is 4.77. The van der Waals surface area contributed by atoms with Crippen molar-refractivity contribution in [2.75, 3.05) is 7.05 Å². The molecule has 0 saturated heterocycles. The SMILES string of the molecule is CCCc1nc2ccccc2n1CCCC(C)NC. The summed E-state index contributed by atoms with van der Waals surface area (Å²) in [5, 5.41) is 3.30. The molecule has 0 radical (unpaired) electrons. The summed E-state index contributed by atoms with van der Waals surface area (Å²) in [4.78, 5) is 4.77. The molecule has 1 atom stereocenters. The monoisotopic (exact) mass is 259 g/mol. The number of nitrogens with one attached hydrogen (secondary N) is 1. The molecule has 2 rings (SSSR count). The van der Waals surface area contributed by atoms with Crippen LogP contribution in [0.1, 0.15) is 38.9 Å². The van der Waals surface area contributed by atoms with Crippen LogP contribution in [0.2, 0.25) is 0 Å². The van der Waals surface area contributed by atoms with Gasteiger partial charge in [-0.2, -0.15) is 0 Å². The lowest BCUT2D eigenvalue weighted by molar-refractivity contribution is 0.504. The van der Waals surface area contributed by atoms with E-state index in [9.17, 15) is 0 Å². The van der Waals surface area contributed by atoms with Crippen LogP contribution in [-0.2, 0) is 13.0 Å². The van der Waals surface area contributed by atoms with E-state index in [1.54, 1.807) is 0 Å². The van der Waals surface area contributed by atoms with Crippen molar-refractivity contribution in [2.45, 2.75) is 52.1 Å². The number of hydrogen-bond acceptors (Lipinski definition) is 2. The lowest BCUT2D eigenvalue weighted by atomic mass is 10.2. The van der Waals surface area contributed by atoms with E-state index in [0.717, 1.165) is 24.9 Å². The maximum Gasteiger partial charge on any atom is 0.109 e. The minimum atomic E-state index is 0.587. The Balaban J connectivity index is 2.16. The molecule has 1 heterocycles. The number of imidazole rings is 1. The van der Waals surface area contributed by atoms with Crippen LogP contribution in [0, 0.1) is 0 Å². The second-order valence-corrected chi connectivity index (χ2v) is 5.25. The summed E-state index contributed by atoms with van der Waals surface area (Å²) in [7, 11) is 2.03. The van der Waals surface area contributed by atoms with Crippen LogP contribution < -0.4 is 5.32 Å². The minimum Gasteiger partial charge on any atom is -0.328 e. The standard InChI is InChI=1S/C16H25N3/c1-4-8-16-18-14-10-5-6-11-15(14)19(16)12-7-9-13(2)17-3/h5-6,10-11,13,17H,4,7-9,12H2,1-3H3. The second-order valence-electron chi connectivity index (χ2n) is 5.25.